The third kappa shape index (κ3) is 4.43. The van der Waals surface area contributed by atoms with E-state index in [-0.39, 0.29) is 24.1 Å². The van der Waals surface area contributed by atoms with Gasteiger partial charge in [-0.05, 0) is 5.92 Å². The molecule has 0 aliphatic rings. The van der Waals surface area contributed by atoms with E-state index in [2.05, 4.69) is 5.16 Å². The first-order valence-electron chi connectivity index (χ1n) is 4.20. The molecule has 0 rings (SSSR count). The highest BCUT2D eigenvalue weighted by Gasteiger charge is 2.20. The van der Waals surface area contributed by atoms with Crippen molar-refractivity contribution >= 4 is 15.9 Å². The molecule has 0 amide bonds. The Balaban J connectivity index is 4.44. The van der Waals surface area contributed by atoms with Crippen LogP contribution in [0.3, 0.4) is 0 Å². The SMILES string of the molecule is CC(C)CS(=O)(=O)N(C)CC(N)=NO. The second-order valence-corrected chi connectivity index (χ2v) is 5.64. The zero-order valence-corrected chi connectivity index (χ0v) is 9.45. The number of nitrogens with zero attached hydrogens (tertiary/aromatic N) is 2. The van der Waals surface area contributed by atoms with Crippen LogP contribution in [0.4, 0.5) is 0 Å². The van der Waals surface area contributed by atoms with E-state index in [0.717, 1.165) is 4.31 Å². The van der Waals surface area contributed by atoms with E-state index in [0.29, 0.717) is 0 Å². The van der Waals surface area contributed by atoms with Gasteiger partial charge < -0.3 is 10.9 Å². The number of oxime groups is 1. The monoisotopic (exact) mass is 223 g/mol. The number of amidine groups is 1. The molecule has 84 valence electrons. The van der Waals surface area contributed by atoms with E-state index < -0.39 is 10.0 Å². The summed E-state index contributed by atoms with van der Waals surface area (Å²) in [6.45, 7) is 3.54. The third-order valence-electron chi connectivity index (χ3n) is 1.53. The molecule has 0 saturated heterocycles. The molecule has 0 unspecified atom stereocenters. The summed E-state index contributed by atoms with van der Waals surface area (Å²) in [6.07, 6.45) is 0. The largest absolute Gasteiger partial charge is 0.409 e. The van der Waals surface area contributed by atoms with Gasteiger partial charge in [0, 0.05) is 7.05 Å². The third-order valence-corrected chi connectivity index (χ3v) is 3.70. The van der Waals surface area contributed by atoms with Gasteiger partial charge in [0.1, 0.15) is 0 Å². The first-order valence-corrected chi connectivity index (χ1v) is 5.81. The number of hydrogen-bond acceptors (Lipinski definition) is 4. The van der Waals surface area contributed by atoms with Crippen LogP contribution in [0, 0.1) is 5.92 Å². The van der Waals surface area contributed by atoms with Gasteiger partial charge in [0.2, 0.25) is 10.0 Å². The summed E-state index contributed by atoms with van der Waals surface area (Å²) >= 11 is 0. The van der Waals surface area contributed by atoms with E-state index in [4.69, 9.17) is 10.9 Å². The first kappa shape index (κ1) is 13.2. The molecule has 0 fully saturated rings. The Bertz CT molecular complexity index is 297. The summed E-state index contributed by atoms with van der Waals surface area (Å²) in [5.74, 6) is -0.0167. The number of nitrogens with two attached hydrogens (primary N) is 1. The molecule has 0 aliphatic carbocycles. The van der Waals surface area contributed by atoms with Gasteiger partial charge in [0.05, 0.1) is 12.3 Å². The van der Waals surface area contributed by atoms with Crippen LogP contribution in [-0.4, -0.2) is 43.1 Å². The molecule has 0 heterocycles. The van der Waals surface area contributed by atoms with Crippen LogP contribution < -0.4 is 5.73 Å². The van der Waals surface area contributed by atoms with Crippen LogP contribution in [-0.2, 0) is 10.0 Å². The van der Waals surface area contributed by atoms with Crippen molar-refractivity contribution in [3.8, 4) is 0 Å². The maximum Gasteiger partial charge on any atom is 0.214 e. The van der Waals surface area contributed by atoms with Gasteiger partial charge in [0.15, 0.2) is 5.84 Å². The van der Waals surface area contributed by atoms with Crippen molar-refractivity contribution in [2.75, 3.05) is 19.3 Å². The van der Waals surface area contributed by atoms with E-state index in [1.54, 1.807) is 0 Å². The molecule has 0 spiro atoms. The lowest BCUT2D eigenvalue weighted by atomic mass is 10.3. The highest BCUT2D eigenvalue weighted by Crippen LogP contribution is 2.04. The second-order valence-electron chi connectivity index (χ2n) is 3.52. The lowest BCUT2D eigenvalue weighted by Crippen LogP contribution is -2.37. The van der Waals surface area contributed by atoms with Gasteiger partial charge in [-0.15, -0.1) is 0 Å². The molecule has 0 atom stereocenters. The molecule has 0 aliphatic heterocycles. The van der Waals surface area contributed by atoms with Gasteiger partial charge in [-0.3, -0.25) is 0 Å². The molecule has 0 saturated carbocycles. The van der Waals surface area contributed by atoms with Crippen LogP contribution in [0.1, 0.15) is 13.8 Å². The van der Waals surface area contributed by atoms with Gasteiger partial charge in [-0.2, -0.15) is 4.31 Å². The normalized spacial score (nSPS) is 13.9. The summed E-state index contributed by atoms with van der Waals surface area (Å²) in [5.41, 5.74) is 5.20. The Morgan fingerprint density at radius 3 is 2.43 bits per heavy atom. The standard InChI is InChI=1S/C7H17N3O3S/c1-6(2)5-14(12,13)10(3)4-7(8)9-11/h6,11H,4-5H2,1-3H3,(H2,8,9). The van der Waals surface area contributed by atoms with Gasteiger partial charge in [-0.25, -0.2) is 8.42 Å². The fraction of sp³-hybridized carbons (Fsp3) is 0.857. The number of hydrogen-bond donors (Lipinski definition) is 2. The second kappa shape index (κ2) is 5.16. The van der Waals surface area contributed by atoms with Crippen LogP contribution in [0.25, 0.3) is 0 Å². The predicted octanol–water partition coefficient (Wildman–Crippen LogP) is -0.350. The molecule has 3 N–H and O–H groups in total. The zero-order valence-electron chi connectivity index (χ0n) is 8.64. The molecule has 0 aromatic rings. The molecule has 6 nitrogen and oxygen atoms in total. The minimum atomic E-state index is -3.30. The molecule has 0 radical (unpaired) electrons. The van der Waals surface area contributed by atoms with Crippen molar-refractivity contribution in [3.05, 3.63) is 0 Å². The van der Waals surface area contributed by atoms with E-state index in [1.165, 1.54) is 7.05 Å². The fourth-order valence-corrected chi connectivity index (χ4v) is 2.33. The van der Waals surface area contributed by atoms with Crippen molar-refractivity contribution in [2.24, 2.45) is 16.8 Å². The molecule has 7 heteroatoms. The van der Waals surface area contributed by atoms with Crippen molar-refractivity contribution < 1.29 is 13.6 Å². The Morgan fingerprint density at radius 2 is 2.07 bits per heavy atom. The summed E-state index contributed by atoms with van der Waals surface area (Å²) in [6, 6.07) is 0. The Labute approximate surface area is 84.4 Å². The van der Waals surface area contributed by atoms with Crippen LogP contribution in [0.15, 0.2) is 5.16 Å². The highest BCUT2D eigenvalue weighted by molar-refractivity contribution is 7.89. The van der Waals surface area contributed by atoms with Gasteiger partial charge in [0.25, 0.3) is 0 Å². The number of likely N-dealkylation sites (N-methyl/N-ethyl adjacent to an activating group) is 1. The summed E-state index contributed by atoms with van der Waals surface area (Å²) in [4.78, 5) is 0. The average Bonchev–Trinajstić information content (AvgIpc) is 2.01. The average molecular weight is 223 g/mol. The lowest BCUT2D eigenvalue weighted by Gasteiger charge is -2.17. The smallest absolute Gasteiger partial charge is 0.214 e. The Hall–Kier alpha value is -0.820. The maximum atomic E-state index is 11.5. The lowest BCUT2D eigenvalue weighted by molar-refractivity contribution is 0.315. The highest BCUT2D eigenvalue weighted by atomic mass is 32.2. The molecule has 0 aromatic heterocycles. The number of sulfonamides is 1. The first-order chi connectivity index (χ1) is 6.29. The minimum absolute atomic E-state index is 0.0507. The fourth-order valence-electron chi connectivity index (χ4n) is 0.907. The van der Waals surface area contributed by atoms with E-state index in [9.17, 15) is 8.42 Å². The van der Waals surface area contributed by atoms with Gasteiger partial charge >= 0.3 is 0 Å². The van der Waals surface area contributed by atoms with Crippen molar-refractivity contribution in [1.29, 1.82) is 0 Å². The molecular formula is C7H17N3O3S. The Morgan fingerprint density at radius 1 is 1.57 bits per heavy atom. The van der Waals surface area contributed by atoms with E-state index >= 15 is 0 Å². The molecular weight excluding hydrogens is 206 g/mol. The minimum Gasteiger partial charge on any atom is -0.409 e. The van der Waals surface area contributed by atoms with E-state index in [1.807, 2.05) is 13.8 Å². The quantitative estimate of drug-likeness (QED) is 0.288. The predicted molar refractivity (Wildman–Crippen MR) is 54.7 cm³/mol. The maximum absolute atomic E-state index is 11.5. The molecule has 14 heavy (non-hydrogen) atoms. The van der Waals surface area contributed by atoms with Crippen molar-refractivity contribution in [3.63, 3.8) is 0 Å². The zero-order chi connectivity index (χ0) is 11.4. The summed E-state index contributed by atoms with van der Waals surface area (Å²) < 4.78 is 24.1. The Kier molecular flexibility index (Phi) is 4.86. The van der Waals surface area contributed by atoms with Crippen LogP contribution >= 0.6 is 0 Å². The number of rotatable bonds is 5. The van der Waals surface area contributed by atoms with Crippen LogP contribution in [0.5, 0.6) is 0 Å². The topological polar surface area (TPSA) is 96.0 Å². The van der Waals surface area contributed by atoms with Crippen LogP contribution in [0.2, 0.25) is 0 Å². The van der Waals surface area contributed by atoms with Crippen molar-refractivity contribution in [2.45, 2.75) is 13.8 Å². The summed E-state index contributed by atoms with van der Waals surface area (Å²) in [7, 11) is -1.90. The van der Waals surface area contributed by atoms with Gasteiger partial charge in [-0.1, -0.05) is 19.0 Å². The molecule has 0 bridgehead atoms. The summed E-state index contributed by atoms with van der Waals surface area (Å²) in [5, 5.41) is 11.0. The van der Waals surface area contributed by atoms with Crippen molar-refractivity contribution in [1.82, 2.24) is 4.31 Å². The molecule has 0 aromatic carbocycles.